The lowest BCUT2D eigenvalue weighted by atomic mass is 10.1. The molecule has 0 atom stereocenters. The molecule has 6 heteroatoms. The summed E-state index contributed by atoms with van der Waals surface area (Å²) in [5.74, 6) is 1.01. The van der Waals surface area contributed by atoms with Crippen molar-refractivity contribution in [1.82, 2.24) is 20.2 Å². The molecule has 0 bridgehead atoms. The van der Waals surface area contributed by atoms with Crippen molar-refractivity contribution in [2.24, 2.45) is 0 Å². The summed E-state index contributed by atoms with van der Waals surface area (Å²) in [6.45, 7) is 7.49. The van der Waals surface area contributed by atoms with E-state index in [2.05, 4.69) is 51.5 Å². The van der Waals surface area contributed by atoms with Crippen molar-refractivity contribution in [1.29, 1.82) is 0 Å². The van der Waals surface area contributed by atoms with Gasteiger partial charge in [0.2, 0.25) is 0 Å². The summed E-state index contributed by atoms with van der Waals surface area (Å²) >= 11 is 0. The standard InChI is InChI=1S/C19H27N5O/c1-13-7-8-16(11-14(13)2)23-18-12-17(21-15(3)22-18)19(25)20-9-6-10-24(4)5/h7-8,11-12H,6,9-10H2,1-5H3,(H,20,25)(H,21,22,23). The summed E-state index contributed by atoms with van der Waals surface area (Å²) in [5.41, 5.74) is 3.76. The Hall–Kier alpha value is -2.47. The highest BCUT2D eigenvalue weighted by Crippen LogP contribution is 2.19. The van der Waals surface area contributed by atoms with Gasteiger partial charge in [0.1, 0.15) is 17.3 Å². The molecular weight excluding hydrogens is 314 g/mol. The second kappa shape index (κ2) is 8.58. The highest BCUT2D eigenvalue weighted by molar-refractivity contribution is 5.93. The SMILES string of the molecule is Cc1nc(Nc2ccc(C)c(C)c2)cc(C(=O)NCCCN(C)C)n1. The molecule has 2 aromatic rings. The van der Waals surface area contributed by atoms with E-state index in [4.69, 9.17) is 0 Å². The number of rotatable bonds is 7. The maximum atomic E-state index is 12.3. The Morgan fingerprint density at radius 2 is 1.84 bits per heavy atom. The van der Waals surface area contributed by atoms with Gasteiger partial charge in [-0.15, -0.1) is 0 Å². The van der Waals surface area contributed by atoms with Gasteiger partial charge in [-0.1, -0.05) is 6.07 Å². The molecule has 1 aromatic carbocycles. The lowest BCUT2D eigenvalue weighted by Gasteiger charge is -2.11. The van der Waals surface area contributed by atoms with Crippen LogP contribution in [0.25, 0.3) is 0 Å². The van der Waals surface area contributed by atoms with Crippen LogP contribution in [0.5, 0.6) is 0 Å². The molecule has 2 rings (SSSR count). The van der Waals surface area contributed by atoms with Gasteiger partial charge in [0, 0.05) is 18.3 Å². The first-order valence-electron chi connectivity index (χ1n) is 8.48. The Bertz CT molecular complexity index is 743. The van der Waals surface area contributed by atoms with Crippen LogP contribution in [0.1, 0.15) is 33.9 Å². The van der Waals surface area contributed by atoms with Crippen molar-refractivity contribution in [3.63, 3.8) is 0 Å². The lowest BCUT2D eigenvalue weighted by molar-refractivity contribution is 0.0947. The molecule has 0 aliphatic carbocycles. The van der Waals surface area contributed by atoms with E-state index in [1.807, 2.05) is 20.2 Å². The van der Waals surface area contributed by atoms with Crippen LogP contribution < -0.4 is 10.6 Å². The molecule has 0 aliphatic rings. The number of hydrogen-bond acceptors (Lipinski definition) is 5. The fraction of sp³-hybridized carbons (Fsp3) is 0.421. The van der Waals surface area contributed by atoms with E-state index in [-0.39, 0.29) is 5.91 Å². The molecule has 134 valence electrons. The molecule has 25 heavy (non-hydrogen) atoms. The number of benzene rings is 1. The Morgan fingerprint density at radius 3 is 2.52 bits per heavy atom. The summed E-state index contributed by atoms with van der Waals surface area (Å²) in [7, 11) is 4.03. The Balaban J connectivity index is 2.06. The minimum absolute atomic E-state index is 0.174. The third-order valence-corrected chi connectivity index (χ3v) is 3.92. The predicted molar refractivity (Wildman–Crippen MR) is 101 cm³/mol. The zero-order valence-electron chi connectivity index (χ0n) is 15.7. The first-order valence-corrected chi connectivity index (χ1v) is 8.48. The Labute approximate surface area is 149 Å². The second-order valence-electron chi connectivity index (χ2n) is 6.52. The molecule has 0 saturated carbocycles. The van der Waals surface area contributed by atoms with Crippen molar-refractivity contribution in [2.75, 3.05) is 32.5 Å². The summed E-state index contributed by atoms with van der Waals surface area (Å²) in [4.78, 5) is 23.0. The molecule has 2 N–H and O–H groups in total. The first kappa shape index (κ1) is 18.9. The molecule has 0 radical (unpaired) electrons. The van der Waals surface area contributed by atoms with E-state index >= 15 is 0 Å². The molecule has 1 amide bonds. The fourth-order valence-electron chi connectivity index (χ4n) is 2.40. The smallest absolute Gasteiger partial charge is 0.270 e. The summed E-state index contributed by atoms with van der Waals surface area (Å²) in [6.07, 6.45) is 0.899. The number of aryl methyl sites for hydroxylation is 3. The lowest BCUT2D eigenvalue weighted by Crippen LogP contribution is -2.28. The maximum Gasteiger partial charge on any atom is 0.270 e. The molecule has 0 saturated heterocycles. The van der Waals surface area contributed by atoms with E-state index in [0.717, 1.165) is 18.7 Å². The van der Waals surface area contributed by atoms with E-state index in [1.54, 1.807) is 13.0 Å². The number of carbonyl (C=O) groups excluding carboxylic acids is 1. The average Bonchev–Trinajstić information content (AvgIpc) is 2.54. The second-order valence-corrected chi connectivity index (χ2v) is 6.52. The van der Waals surface area contributed by atoms with Gasteiger partial charge >= 0.3 is 0 Å². The highest BCUT2D eigenvalue weighted by atomic mass is 16.1. The van der Waals surface area contributed by atoms with Gasteiger partial charge < -0.3 is 15.5 Å². The van der Waals surface area contributed by atoms with Crippen molar-refractivity contribution in [3.8, 4) is 0 Å². The van der Waals surface area contributed by atoms with E-state index in [9.17, 15) is 4.79 Å². The number of amides is 1. The number of carbonyl (C=O) groups is 1. The van der Waals surface area contributed by atoms with Crippen molar-refractivity contribution in [2.45, 2.75) is 27.2 Å². The van der Waals surface area contributed by atoms with Gasteiger partial charge in [0.05, 0.1) is 0 Å². The fourth-order valence-corrected chi connectivity index (χ4v) is 2.40. The monoisotopic (exact) mass is 341 g/mol. The highest BCUT2D eigenvalue weighted by Gasteiger charge is 2.10. The van der Waals surface area contributed by atoms with Gasteiger partial charge in [0.25, 0.3) is 5.91 Å². The average molecular weight is 341 g/mol. The largest absolute Gasteiger partial charge is 0.351 e. The van der Waals surface area contributed by atoms with E-state index in [1.165, 1.54) is 11.1 Å². The zero-order valence-corrected chi connectivity index (χ0v) is 15.7. The molecule has 0 spiro atoms. The molecule has 1 heterocycles. The topological polar surface area (TPSA) is 70.2 Å². The first-order chi connectivity index (χ1) is 11.8. The normalized spacial score (nSPS) is 10.8. The molecule has 6 nitrogen and oxygen atoms in total. The summed E-state index contributed by atoms with van der Waals surface area (Å²) in [6, 6.07) is 7.81. The third kappa shape index (κ3) is 5.83. The van der Waals surface area contributed by atoms with Crippen LogP contribution in [0.2, 0.25) is 0 Å². The van der Waals surface area contributed by atoms with Gasteiger partial charge in [-0.3, -0.25) is 4.79 Å². The van der Waals surface area contributed by atoms with Crippen molar-refractivity contribution >= 4 is 17.4 Å². The van der Waals surface area contributed by atoms with Crippen LogP contribution >= 0.6 is 0 Å². The third-order valence-electron chi connectivity index (χ3n) is 3.92. The molecule has 0 unspecified atom stereocenters. The molecule has 0 aliphatic heterocycles. The number of nitrogens with zero attached hydrogens (tertiary/aromatic N) is 3. The van der Waals surface area contributed by atoms with Crippen LogP contribution in [0, 0.1) is 20.8 Å². The minimum Gasteiger partial charge on any atom is -0.351 e. The van der Waals surface area contributed by atoms with Gasteiger partial charge in [-0.2, -0.15) is 0 Å². The quantitative estimate of drug-likeness (QED) is 0.758. The molecular formula is C19H27N5O. The van der Waals surface area contributed by atoms with Gasteiger partial charge in [-0.25, -0.2) is 9.97 Å². The number of hydrogen-bond donors (Lipinski definition) is 2. The van der Waals surface area contributed by atoms with Crippen LogP contribution in [0.15, 0.2) is 24.3 Å². The van der Waals surface area contributed by atoms with Crippen LogP contribution in [-0.4, -0.2) is 48.0 Å². The van der Waals surface area contributed by atoms with Crippen molar-refractivity contribution in [3.05, 3.63) is 46.9 Å². The van der Waals surface area contributed by atoms with Crippen molar-refractivity contribution < 1.29 is 4.79 Å². The summed E-state index contributed by atoms with van der Waals surface area (Å²) in [5, 5.41) is 6.16. The Morgan fingerprint density at radius 1 is 1.08 bits per heavy atom. The zero-order chi connectivity index (χ0) is 18.4. The van der Waals surface area contributed by atoms with E-state index < -0.39 is 0 Å². The van der Waals surface area contributed by atoms with Crippen LogP contribution in [0.3, 0.4) is 0 Å². The van der Waals surface area contributed by atoms with Gasteiger partial charge in [0.15, 0.2) is 0 Å². The van der Waals surface area contributed by atoms with Crippen LogP contribution in [0.4, 0.5) is 11.5 Å². The minimum atomic E-state index is -0.174. The maximum absolute atomic E-state index is 12.3. The number of aromatic nitrogens is 2. The molecule has 1 aromatic heterocycles. The number of anilines is 2. The molecule has 0 fully saturated rings. The summed E-state index contributed by atoms with van der Waals surface area (Å²) < 4.78 is 0. The Kier molecular flexibility index (Phi) is 6.47. The van der Waals surface area contributed by atoms with Gasteiger partial charge in [-0.05, 0) is 71.1 Å². The van der Waals surface area contributed by atoms with Crippen LogP contribution in [-0.2, 0) is 0 Å². The van der Waals surface area contributed by atoms with E-state index in [0.29, 0.717) is 23.9 Å². The predicted octanol–water partition coefficient (Wildman–Crippen LogP) is 2.83. The number of nitrogens with one attached hydrogen (secondary N) is 2.